The maximum Gasteiger partial charge on any atom is 0.416 e. The van der Waals surface area contributed by atoms with E-state index in [0.29, 0.717) is 12.1 Å². The summed E-state index contributed by atoms with van der Waals surface area (Å²) in [6.07, 6.45) is -2.25. The van der Waals surface area contributed by atoms with E-state index >= 15 is 0 Å². The molecule has 0 saturated carbocycles. The van der Waals surface area contributed by atoms with Crippen molar-refractivity contribution in [2.45, 2.75) is 32.2 Å². The van der Waals surface area contributed by atoms with Gasteiger partial charge in [0.2, 0.25) is 0 Å². The molecule has 32 heavy (non-hydrogen) atoms. The van der Waals surface area contributed by atoms with Gasteiger partial charge in [-0.3, -0.25) is 0 Å². The molecule has 0 bridgehead atoms. The van der Waals surface area contributed by atoms with Crippen molar-refractivity contribution < 1.29 is 17.9 Å². The van der Waals surface area contributed by atoms with Gasteiger partial charge in [-0.1, -0.05) is 42.5 Å². The molecule has 0 aliphatic heterocycles. The van der Waals surface area contributed by atoms with Crippen molar-refractivity contribution in [1.29, 1.82) is 0 Å². The lowest BCUT2D eigenvalue weighted by atomic mass is 10.0. The van der Waals surface area contributed by atoms with Crippen molar-refractivity contribution in [3.8, 4) is 5.75 Å². The van der Waals surface area contributed by atoms with Crippen LogP contribution in [0.1, 0.15) is 35.2 Å². The van der Waals surface area contributed by atoms with E-state index in [0.717, 1.165) is 34.8 Å². The molecule has 1 atom stereocenters. The topological polar surface area (TPSA) is 26.2 Å². The molecule has 0 radical (unpaired) electrons. The van der Waals surface area contributed by atoms with Gasteiger partial charge >= 0.3 is 6.18 Å². The largest absolute Gasteiger partial charge is 0.497 e. The van der Waals surface area contributed by atoms with Crippen LogP contribution in [-0.2, 0) is 19.3 Å². The lowest BCUT2D eigenvalue weighted by Gasteiger charge is -2.16. The van der Waals surface area contributed by atoms with E-state index in [1.807, 2.05) is 43.3 Å². The smallest absolute Gasteiger partial charge is 0.416 e. The molecular weight excluding hydrogens is 413 g/mol. The highest BCUT2D eigenvalue weighted by Gasteiger charge is 2.30. The molecule has 0 spiro atoms. The number of nitrogens with zero attached hydrogens (tertiary/aromatic N) is 1. The van der Waals surface area contributed by atoms with Crippen molar-refractivity contribution in [2.75, 3.05) is 7.11 Å². The zero-order valence-corrected chi connectivity index (χ0v) is 18.0. The SMILES string of the molecule is COc1ccc2c(c1)c(CNC(C)c1cccc(C(F)(F)F)c1)cn2Cc1ccccc1. The molecule has 3 nitrogen and oxygen atoms in total. The molecule has 1 heterocycles. The van der Waals surface area contributed by atoms with Gasteiger partial charge in [-0.15, -0.1) is 0 Å². The summed E-state index contributed by atoms with van der Waals surface area (Å²) in [7, 11) is 1.63. The van der Waals surface area contributed by atoms with Crippen LogP contribution in [0.4, 0.5) is 13.2 Å². The summed E-state index contributed by atoms with van der Waals surface area (Å²) in [5, 5.41) is 4.44. The van der Waals surface area contributed by atoms with Gasteiger partial charge in [0.1, 0.15) is 5.75 Å². The minimum Gasteiger partial charge on any atom is -0.497 e. The van der Waals surface area contributed by atoms with Crippen LogP contribution in [0.15, 0.2) is 79.0 Å². The molecule has 4 aromatic rings. The van der Waals surface area contributed by atoms with Crippen molar-refractivity contribution in [2.24, 2.45) is 0 Å². The molecular formula is C26H25F3N2O. The first-order chi connectivity index (χ1) is 15.3. The second kappa shape index (κ2) is 9.09. The molecule has 166 valence electrons. The van der Waals surface area contributed by atoms with E-state index in [9.17, 15) is 13.2 Å². The number of hydrogen-bond donors (Lipinski definition) is 1. The maximum absolute atomic E-state index is 13.1. The Morgan fingerprint density at radius 1 is 0.969 bits per heavy atom. The van der Waals surface area contributed by atoms with Gasteiger partial charge in [0, 0.05) is 36.2 Å². The fraction of sp³-hybridized carbons (Fsp3) is 0.231. The molecule has 0 aliphatic rings. The number of ether oxygens (including phenoxy) is 1. The second-order valence-corrected chi connectivity index (χ2v) is 7.88. The zero-order chi connectivity index (χ0) is 22.7. The Morgan fingerprint density at radius 2 is 1.75 bits per heavy atom. The Balaban J connectivity index is 1.59. The number of methoxy groups -OCH3 is 1. The Kier molecular flexibility index (Phi) is 6.24. The van der Waals surface area contributed by atoms with Gasteiger partial charge < -0.3 is 14.6 Å². The highest BCUT2D eigenvalue weighted by molar-refractivity contribution is 5.85. The van der Waals surface area contributed by atoms with Crippen LogP contribution in [-0.4, -0.2) is 11.7 Å². The van der Waals surface area contributed by atoms with Crippen molar-refractivity contribution in [3.63, 3.8) is 0 Å². The van der Waals surface area contributed by atoms with Gasteiger partial charge in [0.05, 0.1) is 12.7 Å². The van der Waals surface area contributed by atoms with Gasteiger partial charge in [0.25, 0.3) is 0 Å². The van der Waals surface area contributed by atoms with Crippen LogP contribution >= 0.6 is 0 Å². The Bertz CT molecular complexity index is 1200. The number of nitrogens with one attached hydrogen (secondary N) is 1. The summed E-state index contributed by atoms with van der Waals surface area (Å²) >= 11 is 0. The van der Waals surface area contributed by atoms with E-state index in [4.69, 9.17) is 4.74 Å². The summed E-state index contributed by atoms with van der Waals surface area (Å²) in [6.45, 7) is 3.12. The molecule has 3 aromatic carbocycles. The van der Waals surface area contributed by atoms with Crippen LogP contribution < -0.4 is 10.1 Å². The number of fused-ring (bicyclic) bond motifs is 1. The van der Waals surface area contributed by atoms with E-state index < -0.39 is 11.7 Å². The van der Waals surface area contributed by atoms with E-state index in [1.165, 1.54) is 17.7 Å². The predicted octanol–water partition coefficient (Wildman–Crippen LogP) is 6.57. The summed E-state index contributed by atoms with van der Waals surface area (Å²) in [5.41, 5.74) is 3.31. The summed E-state index contributed by atoms with van der Waals surface area (Å²) in [5.74, 6) is 0.766. The molecule has 1 aromatic heterocycles. The molecule has 1 N–H and O–H groups in total. The molecule has 0 fully saturated rings. The highest BCUT2D eigenvalue weighted by atomic mass is 19.4. The van der Waals surface area contributed by atoms with Gasteiger partial charge in [-0.2, -0.15) is 13.2 Å². The molecule has 4 rings (SSSR count). The maximum atomic E-state index is 13.1. The van der Waals surface area contributed by atoms with Gasteiger partial charge in [0.15, 0.2) is 0 Å². The fourth-order valence-corrected chi connectivity index (χ4v) is 3.89. The fourth-order valence-electron chi connectivity index (χ4n) is 3.89. The second-order valence-electron chi connectivity index (χ2n) is 7.88. The number of halogens is 3. The van der Waals surface area contributed by atoms with E-state index in [2.05, 4.69) is 28.2 Å². The predicted molar refractivity (Wildman–Crippen MR) is 121 cm³/mol. The molecule has 0 aliphatic carbocycles. The molecule has 0 saturated heterocycles. The third-order valence-corrected chi connectivity index (χ3v) is 5.68. The van der Waals surface area contributed by atoms with Gasteiger partial charge in [-0.25, -0.2) is 0 Å². The minimum absolute atomic E-state index is 0.240. The van der Waals surface area contributed by atoms with Crippen LogP contribution in [0.2, 0.25) is 0 Å². The first-order valence-electron chi connectivity index (χ1n) is 10.5. The summed E-state index contributed by atoms with van der Waals surface area (Å²) in [6, 6.07) is 21.4. The van der Waals surface area contributed by atoms with Crippen molar-refractivity contribution >= 4 is 10.9 Å². The standard InChI is InChI=1S/C26H25F3N2O/c1-18(20-9-6-10-22(13-20)26(27,28)29)30-15-21-17-31(16-19-7-4-3-5-8-19)25-12-11-23(32-2)14-24(21)25/h3-14,17-18,30H,15-16H2,1-2H3. The van der Waals surface area contributed by atoms with Crippen LogP contribution in [0.5, 0.6) is 5.75 Å². The zero-order valence-electron chi connectivity index (χ0n) is 18.0. The quantitative estimate of drug-likeness (QED) is 0.353. The Labute approximate surface area is 185 Å². The van der Waals surface area contributed by atoms with Crippen molar-refractivity contribution in [3.05, 3.63) is 101 Å². The first-order valence-corrected chi connectivity index (χ1v) is 10.5. The van der Waals surface area contributed by atoms with E-state index in [1.54, 1.807) is 13.2 Å². The summed E-state index contributed by atoms with van der Waals surface area (Å²) < 4.78 is 46.8. The number of benzene rings is 3. The first kappa shape index (κ1) is 22.0. The number of alkyl halides is 3. The third-order valence-electron chi connectivity index (χ3n) is 5.68. The molecule has 1 unspecified atom stereocenters. The van der Waals surface area contributed by atoms with Crippen molar-refractivity contribution in [1.82, 2.24) is 9.88 Å². The van der Waals surface area contributed by atoms with Crippen LogP contribution in [0.3, 0.4) is 0 Å². The Hall–Kier alpha value is -3.25. The highest BCUT2D eigenvalue weighted by Crippen LogP contribution is 2.31. The number of rotatable bonds is 7. The number of aromatic nitrogens is 1. The minimum atomic E-state index is -4.35. The third kappa shape index (κ3) is 4.81. The lowest BCUT2D eigenvalue weighted by molar-refractivity contribution is -0.137. The lowest BCUT2D eigenvalue weighted by Crippen LogP contribution is -2.18. The van der Waals surface area contributed by atoms with E-state index in [-0.39, 0.29) is 6.04 Å². The summed E-state index contributed by atoms with van der Waals surface area (Å²) in [4.78, 5) is 0. The normalized spacial score (nSPS) is 12.8. The molecule has 6 heteroatoms. The van der Waals surface area contributed by atoms with Crippen LogP contribution in [0, 0.1) is 0 Å². The van der Waals surface area contributed by atoms with Gasteiger partial charge in [-0.05, 0) is 53.9 Å². The number of hydrogen-bond acceptors (Lipinski definition) is 2. The average Bonchev–Trinajstić information content (AvgIpc) is 3.14. The monoisotopic (exact) mass is 438 g/mol. The average molecular weight is 438 g/mol. The van der Waals surface area contributed by atoms with Crippen LogP contribution in [0.25, 0.3) is 10.9 Å². The Morgan fingerprint density at radius 3 is 2.47 bits per heavy atom. The molecule has 0 amide bonds.